The molecule has 0 unspecified atom stereocenters. The van der Waals surface area contributed by atoms with Gasteiger partial charge in [-0.15, -0.1) is 11.3 Å². The van der Waals surface area contributed by atoms with Gasteiger partial charge in [-0.3, -0.25) is 9.59 Å². The second-order valence-corrected chi connectivity index (χ2v) is 8.37. The number of amides is 1. The average Bonchev–Trinajstić information content (AvgIpc) is 3.18. The van der Waals surface area contributed by atoms with Gasteiger partial charge in [0.15, 0.2) is 0 Å². The van der Waals surface area contributed by atoms with Crippen LogP contribution in [0.2, 0.25) is 0 Å². The molecule has 0 aliphatic heterocycles. The van der Waals surface area contributed by atoms with E-state index in [1.54, 1.807) is 23.5 Å². The predicted octanol–water partition coefficient (Wildman–Crippen LogP) is 4.39. The molecule has 3 N–H and O–H groups in total. The summed E-state index contributed by atoms with van der Waals surface area (Å²) in [5.74, 6) is -1.31. The molecule has 3 aromatic rings. The standard InChI is InChI=1S/C19H17BrN2O3S/c1-11-10-12(19(21)25)2-5-14(11)22-13(4-9-18(23)24)3-6-15(22)16-7-8-17(20)26-16/h2-3,5-8,10H,4,9H2,1H3,(H2,21,25)(H,23,24). The van der Waals surface area contributed by atoms with Gasteiger partial charge in [0.2, 0.25) is 5.91 Å². The molecule has 0 aliphatic rings. The van der Waals surface area contributed by atoms with E-state index >= 15 is 0 Å². The minimum Gasteiger partial charge on any atom is -0.481 e. The van der Waals surface area contributed by atoms with E-state index in [1.165, 1.54) is 0 Å². The van der Waals surface area contributed by atoms with Crippen molar-refractivity contribution in [3.63, 3.8) is 0 Å². The van der Waals surface area contributed by atoms with E-state index in [0.717, 1.165) is 31.3 Å². The van der Waals surface area contributed by atoms with Crippen LogP contribution >= 0.6 is 27.3 Å². The number of hydrogen-bond donors (Lipinski definition) is 2. The van der Waals surface area contributed by atoms with Crippen molar-refractivity contribution in [2.45, 2.75) is 19.8 Å². The average molecular weight is 433 g/mol. The number of carbonyl (C=O) groups is 2. The lowest BCUT2D eigenvalue weighted by Crippen LogP contribution is -2.12. The third-order valence-corrected chi connectivity index (χ3v) is 5.75. The Labute approximate surface area is 163 Å². The summed E-state index contributed by atoms with van der Waals surface area (Å²) < 4.78 is 3.08. The molecule has 1 amide bonds. The predicted molar refractivity (Wildman–Crippen MR) is 106 cm³/mol. The fourth-order valence-corrected chi connectivity index (χ4v) is 4.30. The summed E-state index contributed by atoms with van der Waals surface area (Å²) in [6.07, 6.45) is 0.467. The van der Waals surface area contributed by atoms with Crippen molar-refractivity contribution in [3.8, 4) is 16.3 Å². The van der Waals surface area contributed by atoms with Gasteiger partial charge < -0.3 is 15.4 Å². The number of halogens is 1. The van der Waals surface area contributed by atoms with Crippen LogP contribution in [0.15, 0.2) is 46.3 Å². The molecule has 0 bridgehead atoms. The van der Waals surface area contributed by atoms with Crippen LogP contribution in [0, 0.1) is 6.92 Å². The summed E-state index contributed by atoms with van der Waals surface area (Å²) in [6.45, 7) is 1.91. The topological polar surface area (TPSA) is 85.3 Å². The molecule has 5 nitrogen and oxygen atoms in total. The van der Waals surface area contributed by atoms with E-state index in [0.29, 0.717) is 12.0 Å². The lowest BCUT2D eigenvalue weighted by molar-refractivity contribution is -0.136. The maximum Gasteiger partial charge on any atom is 0.303 e. The van der Waals surface area contributed by atoms with Crippen LogP contribution in [0.3, 0.4) is 0 Å². The molecule has 3 rings (SSSR count). The van der Waals surface area contributed by atoms with Gasteiger partial charge in [0.05, 0.1) is 20.8 Å². The first-order valence-electron chi connectivity index (χ1n) is 7.96. The molecule has 26 heavy (non-hydrogen) atoms. The van der Waals surface area contributed by atoms with E-state index in [-0.39, 0.29) is 6.42 Å². The molecule has 2 aromatic heterocycles. The maximum absolute atomic E-state index is 11.4. The van der Waals surface area contributed by atoms with Gasteiger partial charge in [-0.2, -0.15) is 0 Å². The molecule has 0 atom stereocenters. The van der Waals surface area contributed by atoms with Crippen molar-refractivity contribution < 1.29 is 14.7 Å². The molecule has 134 valence electrons. The number of nitrogens with zero attached hydrogens (tertiary/aromatic N) is 1. The summed E-state index contributed by atoms with van der Waals surface area (Å²) in [5.41, 5.74) is 9.51. The molecule has 0 saturated carbocycles. The van der Waals surface area contributed by atoms with E-state index in [2.05, 4.69) is 20.5 Å². The third-order valence-electron chi connectivity index (χ3n) is 4.10. The first kappa shape index (κ1) is 18.4. The number of nitrogens with two attached hydrogens (primary N) is 1. The van der Waals surface area contributed by atoms with Crippen molar-refractivity contribution in [1.29, 1.82) is 0 Å². The molecule has 0 spiro atoms. The van der Waals surface area contributed by atoms with Gasteiger partial charge in [-0.05, 0) is 77.3 Å². The third kappa shape index (κ3) is 3.73. The van der Waals surface area contributed by atoms with Crippen LogP contribution in [0.4, 0.5) is 0 Å². The first-order chi connectivity index (χ1) is 12.4. The highest BCUT2D eigenvalue weighted by atomic mass is 79.9. The SMILES string of the molecule is Cc1cc(C(N)=O)ccc1-n1c(CCC(=O)O)ccc1-c1ccc(Br)s1. The smallest absolute Gasteiger partial charge is 0.303 e. The van der Waals surface area contributed by atoms with Gasteiger partial charge in [0.25, 0.3) is 0 Å². The monoisotopic (exact) mass is 432 g/mol. The number of thiophene rings is 1. The maximum atomic E-state index is 11.4. The number of aromatic nitrogens is 1. The number of aliphatic carboxylic acids is 1. The van der Waals surface area contributed by atoms with Gasteiger partial charge in [0.1, 0.15) is 0 Å². The highest BCUT2D eigenvalue weighted by Gasteiger charge is 2.16. The Morgan fingerprint density at radius 3 is 2.54 bits per heavy atom. The van der Waals surface area contributed by atoms with Crippen molar-refractivity contribution in [1.82, 2.24) is 4.57 Å². The van der Waals surface area contributed by atoms with E-state index in [9.17, 15) is 9.59 Å². The van der Waals surface area contributed by atoms with E-state index < -0.39 is 11.9 Å². The summed E-state index contributed by atoms with van der Waals surface area (Å²) in [6, 6.07) is 13.3. The summed E-state index contributed by atoms with van der Waals surface area (Å²) in [5, 5.41) is 9.05. The Bertz CT molecular complexity index is 991. The molecule has 0 fully saturated rings. The number of carboxylic acids is 1. The minimum absolute atomic E-state index is 0.0516. The van der Waals surface area contributed by atoms with Crippen molar-refractivity contribution in [2.24, 2.45) is 5.73 Å². The fraction of sp³-hybridized carbons (Fsp3) is 0.158. The van der Waals surface area contributed by atoms with Crippen LogP contribution in [0.25, 0.3) is 16.3 Å². The van der Waals surface area contributed by atoms with Crippen LogP contribution in [-0.2, 0) is 11.2 Å². The zero-order valence-electron chi connectivity index (χ0n) is 14.0. The molecule has 0 radical (unpaired) electrons. The molecule has 1 aromatic carbocycles. The van der Waals surface area contributed by atoms with Gasteiger partial charge in [-0.25, -0.2) is 0 Å². The number of aryl methyl sites for hydroxylation is 2. The van der Waals surface area contributed by atoms with Gasteiger partial charge in [-0.1, -0.05) is 0 Å². The molecule has 0 aliphatic carbocycles. The van der Waals surface area contributed by atoms with Crippen molar-refractivity contribution in [3.05, 3.63) is 63.1 Å². The number of rotatable bonds is 6. The van der Waals surface area contributed by atoms with E-state index in [1.807, 2.05) is 37.3 Å². The van der Waals surface area contributed by atoms with Crippen molar-refractivity contribution in [2.75, 3.05) is 0 Å². The van der Waals surface area contributed by atoms with Crippen molar-refractivity contribution >= 4 is 39.1 Å². The molecule has 7 heteroatoms. The van der Waals surface area contributed by atoms with Crippen LogP contribution < -0.4 is 5.73 Å². The summed E-state index contributed by atoms with van der Waals surface area (Å²) in [4.78, 5) is 23.5. The Hall–Kier alpha value is -2.38. The summed E-state index contributed by atoms with van der Waals surface area (Å²) in [7, 11) is 0. The van der Waals surface area contributed by atoms with E-state index in [4.69, 9.17) is 10.8 Å². The molecule has 0 saturated heterocycles. The Balaban J connectivity index is 2.15. The molecular formula is C19H17BrN2O3S. The Morgan fingerprint density at radius 2 is 1.96 bits per heavy atom. The van der Waals surface area contributed by atoms with Crippen LogP contribution in [0.5, 0.6) is 0 Å². The Kier molecular flexibility index (Phi) is 5.29. The second-order valence-electron chi connectivity index (χ2n) is 5.91. The number of benzene rings is 1. The quantitative estimate of drug-likeness (QED) is 0.605. The normalized spacial score (nSPS) is 10.8. The first-order valence-corrected chi connectivity index (χ1v) is 9.56. The zero-order valence-corrected chi connectivity index (χ0v) is 16.4. The largest absolute Gasteiger partial charge is 0.481 e. The number of primary amides is 1. The highest BCUT2D eigenvalue weighted by Crippen LogP contribution is 2.35. The summed E-state index contributed by atoms with van der Waals surface area (Å²) >= 11 is 5.09. The second kappa shape index (κ2) is 7.47. The molecular weight excluding hydrogens is 416 g/mol. The van der Waals surface area contributed by atoms with Crippen LogP contribution in [-0.4, -0.2) is 21.6 Å². The van der Waals surface area contributed by atoms with Gasteiger partial charge in [0, 0.05) is 16.9 Å². The fourth-order valence-electron chi connectivity index (χ4n) is 2.90. The zero-order chi connectivity index (χ0) is 18.8. The highest BCUT2D eigenvalue weighted by molar-refractivity contribution is 9.11. The lowest BCUT2D eigenvalue weighted by atomic mass is 10.1. The number of carboxylic acid groups (broad SMARTS) is 1. The Morgan fingerprint density at radius 1 is 1.19 bits per heavy atom. The number of hydrogen-bond acceptors (Lipinski definition) is 3. The lowest BCUT2D eigenvalue weighted by Gasteiger charge is -2.16. The number of carbonyl (C=O) groups excluding carboxylic acids is 1. The molecule has 2 heterocycles. The van der Waals surface area contributed by atoms with Gasteiger partial charge >= 0.3 is 5.97 Å². The minimum atomic E-state index is -0.834. The van der Waals surface area contributed by atoms with Crippen LogP contribution in [0.1, 0.15) is 28.0 Å².